The number of aromatic amines is 2. The van der Waals surface area contributed by atoms with Crippen LogP contribution < -0.4 is 0 Å². The van der Waals surface area contributed by atoms with Crippen LogP contribution in [0, 0.1) is 5.92 Å². The molecule has 10 nitrogen and oxygen atoms in total. The molecule has 2 aliphatic heterocycles. The molecule has 2 aromatic heterocycles. The van der Waals surface area contributed by atoms with Crippen LogP contribution in [0.2, 0.25) is 0 Å². The first-order chi connectivity index (χ1) is 24.7. The van der Waals surface area contributed by atoms with Crippen molar-refractivity contribution < 1.29 is 19.1 Å². The van der Waals surface area contributed by atoms with Crippen molar-refractivity contribution in [1.82, 2.24) is 29.7 Å². The van der Waals surface area contributed by atoms with Crippen LogP contribution in [0.5, 0.6) is 0 Å². The van der Waals surface area contributed by atoms with Crippen LogP contribution in [0.1, 0.15) is 82.2 Å². The van der Waals surface area contributed by atoms with E-state index in [-0.39, 0.29) is 36.9 Å². The Hall–Kier alpha value is -5.38. The Bertz CT molecular complexity index is 2000. The molecule has 3 fully saturated rings. The van der Waals surface area contributed by atoms with Gasteiger partial charge in [0, 0.05) is 36.1 Å². The maximum Gasteiger partial charge on any atom is 0.411 e. The van der Waals surface area contributed by atoms with Crippen LogP contribution in [-0.4, -0.2) is 60.1 Å². The Morgan fingerprint density at radius 1 is 0.765 bits per heavy atom. The van der Waals surface area contributed by atoms with Crippen molar-refractivity contribution >= 4 is 12.2 Å². The molecule has 2 saturated heterocycles. The highest BCUT2D eigenvalue weighted by Gasteiger charge is 2.51. The van der Waals surface area contributed by atoms with E-state index in [0.717, 1.165) is 83.0 Å². The van der Waals surface area contributed by atoms with E-state index in [1.165, 1.54) is 0 Å². The average Bonchev–Trinajstić information content (AvgIpc) is 3.98. The van der Waals surface area contributed by atoms with Crippen molar-refractivity contribution in [1.29, 1.82) is 0 Å². The fourth-order valence-electron chi connectivity index (χ4n) is 7.95. The number of carbonyl (C=O) groups excluding carboxylic acids is 2. The normalized spacial score (nSPS) is 21.3. The average molecular weight is 685 g/mol. The van der Waals surface area contributed by atoms with Gasteiger partial charge in [-0.25, -0.2) is 19.6 Å². The van der Waals surface area contributed by atoms with Gasteiger partial charge in [-0.2, -0.15) is 0 Å². The Labute approximate surface area is 298 Å². The number of nitrogens with zero attached hydrogens (tertiary/aromatic N) is 4. The zero-order valence-electron chi connectivity index (χ0n) is 29.3. The number of fused-ring (bicyclic) bond motifs is 2. The molecule has 0 spiro atoms. The number of imidazole rings is 2. The lowest BCUT2D eigenvalue weighted by Gasteiger charge is -2.35. The van der Waals surface area contributed by atoms with Crippen LogP contribution in [0.3, 0.4) is 0 Å². The predicted octanol–water partition coefficient (Wildman–Crippen LogP) is 9.07. The summed E-state index contributed by atoms with van der Waals surface area (Å²) in [5.41, 5.74) is 6.34. The van der Waals surface area contributed by atoms with Gasteiger partial charge in [0.15, 0.2) is 0 Å². The van der Waals surface area contributed by atoms with E-state index in [1.807, 2.05) is 68.4 Å². The molecule has 262 valence electrons. The molecule has 10 heteroatoms. The molecular weight excluding hydrogens is 640 g/mol. The third-order valence-electron chi connectivity index (χ3n) is 10.4. The minimum absolute atomic E-state index is 0.0886. The van der Waals surface area contributed by atoms with Gasteiger partial charge < -0.3 is 19.4 Å². The Balaban J connectivity index is 0.916. The van der Waals surface area contributed by atoms with E-state index in [2.05, 4.69) is 58.5 Å². The molecule has 2 amide bonds. The number of likely N-dealkylation sites (tertiary alicyclic amines) is 2. The minimum atomic E-state index is -0.540. The zero-order chi connectivity index (χ0) is 35.1. The summed E-state index contributed by atoms with van der Waals surface area (Å²) in [5.74, 6) is 2.00. The molecule has 8 rings (SSSR count). The molecule has 0 unspecified atom stereocenters. The molecule has 1 aliphatic carbocycles. The third-order valence-corrected chi connectivity index (χ3v) is 10.4. The number of H-pyrrole nitrogens is 2. The lowest BCUT2D eigenvalue weighted by Crippen LogP contribution is -2.43. The monoisotopic (exact) mass is 684 g/mol. The second-order valence-corrected chi connectivity index (χ2v) is 14.9. The van der Waals surface area contributed by atoms with Gasteiger partial charge >= 0.3 is 12.2 Å². The molecule has 4 heterocycles. The van der Waals surface area contributed by atoms with Gasteiger partial charge in [0.1, 0.15) is 23.9 Å². The first kappa shape index (κ1) is 32.8. The fourth-order valence-corrected chi connectivity index (χ4v) is 7.95. The summed E-state index contributed by atoms with van der Waals surface area (Å²) in [5, 5.41) is 0. The van der Waals surface area contributed by atoms with Crippen LogP contribution in [0.15, 0.2) is 91.3 Å². The largest absolute Gasteiger partial charge is 0.445 e. The molecular formula is C41H44N6O4. The number of piperidine rings is 1. The number of aromatic nitrogens is 4. The van der Waals surface area contributed by atoms with Gasteiger partial charge in [0.2, 0.25) is 0 Å². The fraction of sp³-hybridized carbons (Fsp3) is 0.366. The van der Waals surface area contributed by atoms with E-state index >= 15 is 0 Å². The quantitative estimate of drug-likeness (QED) is 0.177. The Kier molecular flexibility index (Phi) is 8.61. The number of amides is 2. The van der Waals surface area contributed by atoms with E-state index in [9.17, 15) is 9.59 Å². The van der Waals surface area contributed by atoms with E-state index in [1.54, 1.807) is 4.90 Å². The van der Waals surface area contributed by atoms with Gasteiger partial charge in [0.05, 0.1) is 23.5 Å². The van der Waals surface area contributed by atoms with Crippen molar-refractivity contribution in [2.75, 3.05) is 6.54 Å². The Morgan fingerprint density at radius 2 is 1.37 bits per heavy atom. The standard InChI is InChI=1S/C41H44N6O4/c1-41(2,3)51-40(49)47-32-20-19-31(22-32)36(47)38-43-24-34(45-38)30-17-13-28(14-18-30)27-11-15-29(16-12-27)33-23-42-37(44-33)35-10-7-21-46(35)39(48)50-25-26-8-5-4-6-9-26/h4-6,8-9,11-18,23-24,31-32,35-36H,7,10,19-22,25H2,1-3H3,(H,42,44)(H,43,45)/t31-,32+,35-,36-/m0/s1. The van der Waals surface area contributed by atoms with Crippen LogP contribution in [0.4, 0.5) is 9.59 Å². The molecule has 3 aromatic carbocycles. The minimum Gasteiger partial charge on any atom is -0.445 e. The van der Waals surface area contributed by atoms with Crippen LogP contribution in [0.25, 0.3) is 33.6 Å². The van der Waals surface area contributed by atoms with Crippen molar-refractivity contribution in [2.45, 2.75) is 83.2 Å². The first-order valence-electron chi connectivity index (χ1n) is 18.0. The molecule has 1 saturated carbocycles. The summed E-state index contributed by atoms with van der Waals surface area (Å²) in [6, 6.07) is 26.5. The Morgan fingerprint density at radius 3 is 2.02 bits per heavy atom. The summed E-state index contributed by atoms with van der Waals surface area (Å²) in [6.07, 6.45) is 8.15. The van der Waals surface area contributed by atoms with E-state index < -0.39 is 5.60 Å². The third kappa shape index (κ3) is 6.74. The molecule has 2 N–H and O–H groups in total. The highest BCUT2D eigenvalue weighted by molar-refractivity contribution is 5.73. The first-order valence-corrected chi connectivity index (χ1v) is 18.0. The van der Waals surface area contributed by atoms with Crippen LogP contribution in [-0.2, 0) is 16.1 Å². The molecule has 51 heavy (non-hydrogen) atoms. The second kappa shape index (κ2) is 13.4. The summed E-state index contributed by atoms with van der Waals surface area (Å²) < 4.78 is 11.4. The predicted molar refractivity (Wildman–Crippen MR) is 194 cm³/mol. The number of nitrogens with one attached hydrogen (secondary N) is 2. The molecule has 2 bridgehead atoms. The smallest absolute Gasteiger partial charge is 0.411 e. The van der Waals surface area contributed by atoms with Gasteiger partial charge in [-0.1, -0.05) is 78.9 Å². The lowest BCUT2D eigenvalue weighted by atomic mass is 9.98. The second-order valence-electron chi connectivity index (χ2n) is 14.9. The summed E-state index contributed by atoms with van der Waals surface area (Å²) in [7, 11) is 0. The number of benzene rings is 3. The maximum absolute atomic E-state index is 13.2. The maximum atomic E-state index is 13.2. The molecule has 0 radical (unpaired) electrons. The highest BCUT2D eigenvalue weighted by Crippen LogP contribution is 2.50. The topological polar surface area (TPSA) is 116 Å². The number of rotatable bonds is 7. The van der Waals surface area contributed by atoms with Crippen molar-refractivity contribution in [3.8, 4) is 33.6 Å². The molecule has 3 aliphatic rings. The van der Waals surface area contributed by atoms with Gasteiger partial charge in [-0.05, 0) is 75.5 Å². The van der Waals surface area contributed by atoms with Gasteiger partial charge in [-0.3, -0.25) is 9.80 Å². The SMILES string of the molecule is CC(C)(C)OC(=O)N1[C@@H]2CC[C@@H](C2)[C@H]1c1nc(-c2ccc(-c3ccc(-c4c[nH]c([C@@H]5CCCN5C(=O)OCc5ccccc5)n4)cc3)cc2)c[nH]1. The molecule has 5 aromatic rings. The summed E-state index contributed by atoms with van der Waals surface area (Å²) in [6.45, 7) is 6.63. The number of carbonyl (C=O) groups is 2. The number of hydrogen-bond acceptors (Lipinski definition) is 6. The number of hydrogen-bond donors (Lipinski definition) is 2. The van der Waals surface area contributed by atoms with Crippen molar-refractivity contribution in [3.63, 3.8) is 0 Å². The summed E-state index contributed by atoms with van der Waals surface area (Å²) in [4.78, 5) is 46.4. The van der Waals surface area contributed by atoms with Gasteiger partial charge in [-0.15, -0.1) is 0 Å². The molecule has 4 atom stereocenters. The van der Waals surface area contributed by atoms with Crippen molar-refractivity contribution in [3.05, 3.63) is 108 Å². The highest BCUT2D eigenvalue weighted by atomic mass is 16.6. The number of ether oxygens (including phenoxy) is 2. The van der Waals surface area contributed by atoms with Gasteiger partial charge in [0.25, 0.3) is 0 Å². The van der Waals surface area contributed by atoms with E-state index in [0.29, 0.717) is 12.5 Å². The van der Waals surface area contributed by atoms with E-state index in [4.69, 9.17) is 19.4 Å². The van der Waals surface area contributed by atoms with Crippen molar-refractivity contribution in [2.24, 2.45) is 5.92 Å². The summed E-state index contributed by atoms with van der Waals surface area (Å²) >= 11 is 0. The lowest BCUT2D eigenvalue weighted by molar-refractivity contribution is 0.00619. The zero-order valence-corrected chi connectivity index (χ0v) is 29.3. The van der Waals surface area contributed by atoms with Crippen LogP contribution >= 0.6 is 0 Å².